The molecule has 0 saturated carbocycles. The maximum Gasteiger partial charge on any atom is 0.418 e. The predicted octanol–water partition coefficient (Wildman–Crippen LogP) is 4.33. The zero-order chi connectivity index (χ0) is 15.7. The Morgan fingerprint density at radius 1 is 1.05 bits per heavy atom. The zero-order valence-corrected chi connectivity index (χ0v) is 11.5. The minimum Gasteiger partial charge on any atom is -0.355 e. The number of para-hydroxylation sites is 1. The quantitative estimate of drug-likeness (QED) is 0.867. The Balaban J connectivity index is 1.90. The van der Waals surface area contributed by atoms with Crippen molar-refractivity contribution in [1.82, 2.24) is 0 Å². The molecular formula is C16H13F3N2O. The van der Waals surface area contributed by atoms with Crippen LogP contribution >= 0.6 is 0 Å². The molecule has 2 aromatic carbocycles. The normalized spacial score (nSPS) is 14.2. The van der Waals surface area contributed by atoms with Crippen molar-refractivity contribution in [2.45, 2.75) is 19.0 Å². The number of rotatable bonds is 2. The number of hydrogen-bond donors (Lipinski definition) is 2. The fourth-order valence-corrected chi connectivity index (χ4v) is 2.46. The number of hydrogen-bond acceptors (Lipinski definition) is 2. The van der Waals surface area contributed by atoms with Gasteiger partial charge < -0.3 is 10.6 Å². The molecule has 0 radical (unpaired) electrons. The van der Waals surface area contributed by atoms with Gasteiger partial charge >= 0.3 is 6.18 Å². The molecule has 2 aromatic rings. The van der Waals surface area contributed by atoms with Crippen molar-refractivity contribution in [3.05, 3.63) is 53.6 Å². The lowest BCUT2D eigenvalue weighted by Crippen LogP contribution is -2.18. The molecule has 22 heavy (non-hydrogen) atoms. The average Bonchev–Trinajstić information content (AvgIpc) is 2.47. The number of halogens is 3. The number of amides is 1. The maximum atomic E-state index is 13.0. The third-order valence-corrected chi connectivity index (χ3v) is 3.51. The summed E-state index contributed by atoms with van der Waals surface area (Å²) < 4.78 is 38.9. The molecule has 0 aliphatic carbocycles. The number of carbonyl (C=O) groups is 1. The highest BCUT2D eigenvalue weighted by Crippen LogP contribution is 2.36. The molecule has 0 aromatic heterocycles. The highest BCUT2D eigenvalue weighted by atomic mass is 19.4. The van der Waals surface area contributed by atoms with Crippen molar-refractivity contribution in [1.29, 1.82) is 0 Å². The van der Waals surface area contributed by atoms with Crippen LogP contribution in [0.25, 0.3) is 0 Å². The van der Waals surface area contributed by atoms with Crippen molar-refractivity contribution < 1.29 is 18.0 Å². The molecule has 0 atom stereocenters. The number of benzene rings is 2. The third-order valence-electron chi connectivity index (χ3n) is 3.51. The summed E-state index contributed by atoms with van der Waals surface area (Å²) >= 11 is 0. The van der Waals surface area contributed by atoms with E-state index in [1.165, 1.54) is 12.1 Å². The molecule has 0 unspecified atom stereocenters. The highest BCUT2D eigenvalue weighted by Gasteiger charge is 2.33. The van der Waals surface area contributed by atoms with Crippen molar-refractivity contribution >= 4 is 23.0 Å². The van der Waals surface area contributed by atoms with Gasteiger partial charge in [0.15, 0.2) is 0 Å². The summed E-state index contributed by atoms with van der Waals surface area (Å²) in [5, 5.41) is 5.55. The molecule has 0 bridgehead atoms. The van der Waals surface area contributed by atoms with Crippen molar-refractivity contribution in [3.63, 3.8) is 0 Å². The van der Waals surface area contributed by atoms with Gasteiger partial charge in [-0.25, -0.2) is 0 Å². The Bertz CT molecular complexity index is 726. The first kappa shape index (κ1) is 14.4. The van der Waals surface area contributed by atoms with E-state index in [1.807, 2.05) is 0 Å². The standard InChI is InChI=1S/C16H13F3N2O/c17-16(18,19)12-3-1-2-4-14(12)20-11-6-7-13-10(9-11)5-8-15(22)21-13/h1-4,6-7,9,20H,5,8H2,(H,21,22). The van der Waals surface area contributed by atoms with Crippen LogP contribution in [0.15, 0.2) is 42.5 Å². The van der Waals surface area contributed by atoms with Crippen LogP contribution in [0.4, 0.5) is 30.2 Å². The van der Waals surface area contributed by atoms with Gasteiger partial charge in [0.05, 0.1) is 11.3 Å². The van der Waals surface area contributed by atoms with Crippen molar-refractivity contribution in [2.75, 3.05) is 10.6 Å². The number of anilines is 3. The van der Waals surface area contributed by atoms with Gasteiger partial charge in [-0.1, -0.05) is 12.1 Å². The molecule has 114 valence electrons. The SMILES string of the molecule is O=C1CCc2cc(Nc3ccccc3C(F)(F)F)ccc2N1. The summed E-state index contributed by atoms with van der Waals surface area (Å²) in [5.74, 6) is -0.0457. The van der Waals surface area contributed by atoms with E-state index in [0.29, 0.717) is 24.2 Å². The van der Waals surface area contributed by atoms with Crippen LogP contribution in [0.5, 0.6) is 0 Å². The first-order chi connectivity index (χ1) is 10.4. The van der Waals surface area contributed by atoms with E-state index in [0.717, 1.165) is 11.6 Å². The van der Waals surface area contributed by atoms with Gasteiger partial charge in [0, 0.05) is 17.8 Å². The van der Waals surface area contributed by atoms with Crippen LogP contribution in [0, 0.1) is 0 Å². The second-order valence-corrected chi connectivity index (χ2v) is 5.09. The van der Waals surface area contributed by atoms with Crippen molar-refractivity contribution in [3.8, 4) is 0 Å². The molecule has 3 rings (SSSR count). The van der Waals surface area contributed by atoms with Crippen molar-refractivity contribution in [2.24, 2.45) is 0 Å². The Morgan fingerprint density at radius 3 is 2.59 bits per heavy atom. The molecule has 6 heteroatoms. The molecule has 3 nitrogen and oxygen atoms in total. The lowest BCUT2D eigenvalue weighted by Gasteiger charge is -2.19. The predicted molar refractivity (Wildman–Crippen MR) is 78.1 cm³/mol. The van der Waals surface area contributed by atoms with Gasteiger partial charge in [-0.3, -0.25) is 4.79 Å². The number of fused-ring (bicyclic) bond motifs is 1. The molecule has 0 spiro atoms. The fraction of sp³-hybridized carbons (Fsp3) is 0.188. The van der Waals surface area contributed by atoms with Crippen LogP contribution in [0.3, 0.4) is 0 Å². The Kier molecular flexibility index (Phi) is 3.52. The molecule has 1 aliphatic rings. The van der Waals surface area contributed by atoms with E-state index in [9.17, 15) is 18.0 Å². The number of aryl methyl sites for hydroxylation is 1. The number of nitrogens with one attached hydrogen (secondary N) is 2. The fourth-order valence-electron chi connectivity index (χ4n) is 2.46. The summed E-state index contributed by atoms with van der Waals surface area (Å²) in [6.07, 6.45) is -3.45. The largest absolute Gasteiger partial charge is 0.418 e. The Hall–Kier alpha value is -2.50. The van der Waals surface area contributed by atoms with Gasteiger partial charge in [0.2, 0.25) is 5.91 Å². The molecule has 1 aliphatic heterocycles. The van der Waals surface area contributed by atoms with Crippen LogP contribution < -0.4 is 10.6 Å². The van der Waals surface area contributed by atoms with E-state index >= 15 is 0 Å². The lowest BCUT2D eigenvalue weighted by atomic mass is 10.0. The third kappa shape index (κ3) is 2.90. The lowest BCUT2D eigenvalue weighted by molar-refractivity contribution is -0.136. The van der Waals surface area contributed by atoms with Crippen LogP contribution in [0.1, 0.15) is 17.5 Å². The smallest absolute Gasteiger partial charge is 0.355 e. The van der Waals surface area contributed by atoms with E-state index in [-0.39, 0.29) is 11.6 Å². The second kappa shape index (κ2) is 5.36. The molecular weight excluding hydrogens is 293 g/mol. The summed E-state index contributed by atoms with van der Waals surface area (Å²) in [6, 6.07) is 10.5. The summed E-state index contributed by atoms with van der Waals surface area (Å²) in [6.45, 7) is 0. The summed E-state index contributed by atoms with van der Waals surface area (Å²) in [7, 11) is 0. The van der Waals surface area contributed by atoms with Gasteiger partial charge in [0.25, 0.3) is 0 Å². The van der Waals surface area contributed by atoms with Gasteiger partial charge in [0.1, 0.15) is 0 Å². The Morgan fingerprint density at radius 2 is 1.82 bits per heavy atom. The monoisotopic (exact) mass is 306 g/mol. The molecule has 0 fully saturated rings. The average molecular weight is 306 g/mol. The van der Waals surface area contributed by atoms with Gasteiger partial charge in [-0.2, -0.15) is 13.2 Å². The minimum atomic E-state index is -4.41. The molecule has 0 saturated heterocycles. The van der Waals surface area contributed by atoms with E-state index in [1.54, 1.807) is 24.3 Å². The number of alkyl halides is 3. The van der Waals surface area contributed by atoms with E-state index in [2.05, 4.69) is 10.6 Å². The first-order valence-electron chi connectivity index (χ1n) is 6.79. The zero-order valence-electron chi connectivity index (χ0n) is 11.5. The molecule has 2 N–H and O–H groups in total. The van der Waals surface area contributed by atoms with Crippen LogP contribution in [0.2, 0.25) is 0 Å². The van der Waals surface area contributed by atoms with E-state index in [4.69, 9.17) is 0 Å². The van der Waals surface area contributed by atoms with Gasteiger partial charge in [-0.15, -0.1) is 0 Å². The first-order valence-corrected chi connectivity index (χ1v) is 6.79. The summed E-state index contributed by atoms with van der Waals surface area (Å²) in [4.78, 5) is 11.3. The maximum absolute atomic E-state index is 13.0. The van der Waals surface area contributed by atoms with Gasteiger partial charge in [-0.05, 0) is 42.3 Å². The van der Waals surface area contributed by atoms with Crippen LogP contribution in [-0.2, 0) is 17.4 Å². The topological polar surface area (TPSA) is 41.1 Å². The molecule has 1 heterocycles. The minimum absolute atomic E-state index is 0.00907. The number of carbonyl (C=O) groups excluding carboxylic acids is 1. The van der Waals surface area contributed by atoms with E-state index < -0.39 is 11.7 Å². The summed E-state index contributed by atoms with van der Waals surface area (Å²) in [5.41, 5.74) is 1.49. The Labute approximate surface area is 125 Å². The highest BCUT2D eigenvalue weighted by molar-refractivity contribution is 5.94. The molecule has 1 amide bonds. The second-order valence-electron chi connectivity index (χ2n) is 5.09. The van der Waals surface area contributed by atoms with Crippen LogP contribution in [-0.4, -0.2) is 5.91 Å².